The van der Waals surface area contributed by atoms with Crippen molar-refractivity contribution in [1.82, 2.24) is 10.8 Å². The van der Waals surface area contributed by atoms with Gasteiger partial charge in [0, 0.05) is 12.5 Å². The van der Waals surface area contributed by atoms with Gasteiger partial charge in [-0.15, -0.1) is 0 Å². The number of rotatable bonds is 8. The van der Waals surface area contributed by atoms with E-state index in [0.717, 1.165) is 22.3 Å². The van der Waals surface area contributed by atoms with Gasteiger partial charge in [0.25, 0.3) is 11.8 Å². The molecule has 10 heteroatoms. The summed E-state index contributed by atoms with van der Waals surface area (Å²) >= 11 is 0. The monoisotopic (exact) mass is 446 g/mol. The van der Waals surface area contributed by atoms with Crippen LogP contribution in [0.5, 0.6) is 0 Å². The van der Waals surface area contributed by atoms with Crippen LogP contribution in [0.4, 0.5) is 13.6 Å². The van der Waals surface area contributed by atoms with E-state index in [1.54, 1.807) is 5.48 Å². The maximum atomic E-state index is 13.9. The second-order valence-corrected chi connectivity index (χ2v) is 7.61. The van der Waals surface area contributed by atoms with E-state index in [9.17, 15) is 23.2 Å². The van der Waals surface area contributed by atoms with E-state index in [1.165, 1.54) is 0 Å². The van der Waals surface area contributed by atoms with Crippen LogP contribution >= 0.6 is 0 Å². The smallest absolute Gasteiger partial charge is 0.407 e. The fourth-order valence-electron chi connectivity index (χ4n) is 4.08. The average Bonchev–Trinajstić information content (AvgIpc) is 3.17. The lowest BCUT2D eigenvalue weighted by atomic mass is 9.98. The zero-order valence-electron chi connectivity index (χ0n) is 16.7. The first-order chi connectivity index (χ1) is 15.3. The van der Waals surface area contributed by atoms with E-state index in [1.807, 2.05) is 48.5 Å². The van der Waals surface area contributed by atoms with Crippen molar-refractivity contribution in [2.24, 2.45) is 11.8 Å². The summed E-state index contributed by atoms with van der Waals surface area (Å²) in [6.07, 6.45) is -0.865. The van der Waals surface area contributed by atoms with E-state index in [-0.39, 0.29) is 12.5 Å². The summed E-state index contributed by atoms with van der Waals surface area (Å²) in [6.45, 7) is -1.29. The number of aliphatic carboxylic acids is 1. The van der Waals surface area contributed by atoms with Gasteiger partial charge in [-0.05, 0) is 22.3 Å². The molecule has 4 rings (SSSR count). The van der Waals surface area contributed by atoms with E-state index < -0.39 is 48.9 Å². The topological polar surface area (TPSA) is 114 Å². The molecule has 2 atom stereocenters. The predicted molar refractivity (Wildman–Crippen MR) is 107 cm³/mol. The number of alkyl halides is 2. The van der Waals surface area contributed by atoms with Crippen LogP contribution in [0.25, 0.3) is 11.1 Å². The summed E-state index contributed by atoms with van der Waals surface area (Å²) in [6, 6.07) is 15.6. The number of carboxylic acid groups (broad SMARTS) is 1. The molecule has 8 nitrogen and oxygen atoms in total. The van der Waals surface area contributed by atoms with Crippen molar-refractivity contribution < 1.29 is 37.8 Å². The van der Waals surface area contributed by atoms with Gasteiger partial charge in [0.1, 0.15) is 12.5 Å². The highest BCUT2D eigenvalue weighted by Crippen LogP contribution is 2.55. The molecule has 0 spiro atoms. The van der Waals surface area contributed by atoms with Crippen molar-refractivity contribution in [3.8, 4) is 11.1 Å². The quantitative estimate of drug-likeness (QED) is 0.537. The van der Waals surface area contributed by atoms with Crippen molar-refractivity contribution in [3.05, 3.63) is 59.7 Å². The maximum absolute atomic E-state index is 13.9. The normalized spacial score (nSPS) is 20.1. The van der Waals surface area contributed by atoms with Gasteiger partial charge < -0.3 is 15.2 Å². The summed E-state index contributed by atoms with van der Waals surface area (Å²) in [5.74, 6) is -9.16. The fourth-order valence-corrected chi connectivity index (χ4v) is 4.08. The Bertz CT molecular complexity index is 1010. The third kappa shape index (κ3) is 4.13. The maximum Gasteiger partial charge on any atom is 0.407 e. The Morgan fingerprint density at radius 3 is 2.19 bits per heavy atom. The predicted octanol–water partition coefficient (Wildman–Crippen LogP) is 2.54. The molecule has 0 radical (unpaired) electrons. The molecule has 0 unspecified atom stereocenters. The first-order valence-electron chi connectivity index (χ1n) is 9.90. The van der Waals surface area contributed by atoms with E-state index in [2.05, 4.69) is 10.2 Å². The number of fused-ring (bicyclic) bond motifs is 3. The summed E-state index contributed by atoms with van der Waals surface area (Å²) in [5, 5.41) is 10.7. The zero-order valence-corrected chi connectivity index (χ0v) is 16.7. The molecule has 0 saturated heterocycles. The number of nitrogens with one attached hydrogen (secondary N) is 2. The van der Waals surface area contributed by atoms with Gasteiger partial charge in [0.2, 0.25) is 0 Å². The van der Waals surface area contributed by atoms with Gasteiger partial charge in [-0.1, -0.05) is 48.5 Å². The van der Waals surface area contributed by atoms with E-state index >= 15 is 0 Å². The van der Waals surface area contributed by atoms with Crippen LogP contribution in [0.2, 0.25) is 0 Å². The summed E-state index contributed by atoms with van der Waals surface area (Å²) in [4.78, 5) is 38.5. The molecule has 32 heavy (non-hydrogen) atoms. The molecule has 2 aliphatic rings. The Morgan fingerprint density at radius 1 is 1.00 bits per heavy atom. The third-order valence-electron chi connectivity index (χ3n) is 5.66. The second-order valence-electron chi connectivity index (χ2n) is 7.61. The Hall–Kier alpha value is -3.53. The van der Waals surface area contributed by atoms with Crippen molar-refractivity contribution in [2.45, 2.75) is 11.8 Å². The Balaban J connectivity index is 1.29. The lowest BCUT2D eigenvalue weighted by Gasteiger charge is -2.14. The Labute approximate surface area is 181 Å². The van der Waals surface area contributed by atoms with Gasteiger partial charge in [0.15, 0.2) is 6.61 Å². The number of ether oxygens (including phenoxy) is 1. The van der Waals surface area contributed by atoms with Crippen LogP contribution in [0.3, 0.4) is 0 Å². The molecule has 2 aromatic rings. The molecule has 0 aromatic heterocycles. The minimum Gasteiger partial charge on any atom is -0.479 e. The molecule has 2 aromatic carbocycles. The number of hydrogen-bond donors (Lipinski definition) is 3. The molecule has 2 amide bonds. The Kier molecular flexibility index (Phi) is 5.79. The molecule has 0 heterocycles. The lowest BCUT2D eigenvalue weighted by Crippen LogP contribution is -2.31. The van der Waals surface area contributed by atoms with Crippen LogP contribution in [0.15, 0.2) is 48.5 Å². The summed E-state index contributed by atoms with van der Waals surface area (Å²) < 4.78 is 33.1. The van der Waals surface area contributed by atoms with Crippen molar-refractivity contribution in [3.63, 3.8) is 0 Å². The van der Waals surface area contributed by atoms with Crippen LogP contribution in [0.1, 0.15) is 17.0 Å². The summed E-state index contributed by atoms with van der Waals surface area (Å²) in [5.41, 5.74) is 5.86. The highest BCUT2D eigenvalue weighted by Gasteiger charge is 2.71. The number of benzene rings is 2. The molecular formula is C22H20F2N2O6. The number of carbonyl (C=O) groups is 3. The molecule has 168 valence electrons. The first-order valence-corrected chi connectivity index (χ1v) is 9.90. The largest absolute Gasteiger partial charge is 0.479 e. The van der Waals surface area contributed by atoms with Gasteiger partial charge >= 0.3 is 12.1 Å². The average molecular weight is 446 g/mol. The van der Waals surface area contributed by atoms with E-state index in [4.69, 9.17) is 9.84 Å². The molecule has 1 fully saturated rings. The van der Waals surface area contributed by atoms with Gasteiger partial charge in [-0.3, -0.25) is 9.63 Å². The fraction of sp³-hybridized carbons (Fsp3) is 0.318. The highest BCUT2D eigenvalue weighted by atomic mass is 19.3. The van der Waals surface area contributed by atoms with Crippen molar-refractivity contribution in [1.29, 1.82) is 0 Å². The number of carboxylic acids is 1. The van der Waals surface area contributed by atoms with Gasteiger partial charge in [-0.2, -0.15) is 0 Å². The molecule has 0 bridgehead atoms. The summed E-state index contributed by atoms with van der Waals surface area (Å²) in [7, 11) is 0. The SMILES string of the molecule is O=C(O)CONC(=O)[C@@H]1[C@H](CNC(=O)OCC2c3ccccc3-c3ccccc32)C1(F)F. The van der Waals surface area contributed by atoms with Crippen LogP contribution < -0.4 is 10.8 Å². The number of amides is 2. The van der Waals surface area contributed by atoms with Crippen LogP contribution in [-0.4, -0.2) is 48.8 Å². The van der Waals surface area contributed by atoms with Crippen molar-refractivity contribution >= 4 is 18.0 Å². The number of hydroxylamine groups is 1. The molecular weight excluding hydrogens is 426 g/mol. The molecule has 1 saturated carbocycles. The molecule has 3 N–H and O–H groups in total. The van der Waals surface area contributed by atoms with Gasteiger partial charge in [-0.25, -0.2) is 23.9 Å². The molecule has 2 aliphatic carbocycles. The Morgan fingerprint density at radius 2 is 1.59 bits per heavy atom. The number of hydrogen-bond acceptors (Lipinski definition) is 5. The van der Waals surface area contributed by atoms with Gasteiger partial charge in [0.05, 0.1) is 5.92 Å². The number of alkyl carbamates (subject to hydrolysis) is 1. The number of halogens is 2. The molecule has 0 aliphatic heterocycles. The second kappa shape index (κ2) is 8.54. The first kappa shape index (κ1) is 21.7. The highest BCUT2D eigenvalue weighted by molar-refractivity contribution is 5.83. The van der Waals surface area contributed by atoms with Crippen LogP contribution in [0, 0.1) is 11.8 Å². The lowest BCUT2D eigenvalue weighted by molar-refractivity contribution is -0.150. The third-order valence-corrected chi connectivity index (χ3v) is 5.66. The minimum absolute atomic E-state index is 0.0356. The van der Waals surface area contributed by atoms with Crippen molar-refractivity contribution in [2.75, 3.05) is 19.8 Å². The van der Waals surface area contributed by atoms with Crippen LogP contribution in [-0.2, 0) is 19.2 Å². The number of carbonyl (C=O) groups excluding carboxylic acids is 2. The van der Waals surface area contributed by atoms with E-state index in [0.29, 0.717) is 0 Å². The minimum atomic E-state index is -3.34. The zero-order chi connectivity index (χ0) is 22.9. The standard InChI is InChI=1S/C22H20F2N2O6/c23-22(24)17(19(22)20(29)26-32-11-18(27)28)9-25-21(30)31-10-16-14-7-3-1-5-12(14)13-6-2-4-8-15(13)16/h1-8,16-17,19H,9-11H2,(H,25,30)(H,26,29)(H,27,28)/t17-,19-/m0/s1.